The first kappa shape index (κ1) is 26.0. The van der Waals surface area contributed by atoms with E-state index in [0.717, 1.165) is 36.9 Å². The van der Waals surface area contributed by atoms with Crippen molar-refractivity contribution < 1.29 is 19.5 Å². The summed E-state index contributed by atoms with van der Waals surface area (Å²) in [6, 6.07) is 21.3. The van der Waals surface area contributed by atoms with Crippen LogP contribution >= 0.6 is 0 Å². The second-order valence-corrected chi connectivity index (χ2v) is 9.82. The first-order valence-electron chi connectivity index (χ1n) is 13.1. The number of carbonyl (C=O) groups excluding carboxylic acids is 2. The van der Waals surface area contributed by atoms with Crippen LogP contribution in [0, 0.1) is 0 Å². The number of anilines is 1. The molecule has 9 heteroatoms. The smallest absolute Gasteiger partial charge is 0.307 e. The topological polar surface area (TPSA) is 122 Å². The van der Waals surface area contributed by atoms with Crippen LogP contribution < -0.4 is 16.2 Å². The van der Waals surface area contributed by atoms with Crippen molar-refractivity contribution in [3.63, 3.8) is 0 Å². The van der Waals surface area contributed by atoms with E-state index >= 15 is 0 Å². The lowest BCUT2D eigenvalue weighted by Crippen LogP contribution is -2.32. The molecule has 4 aromatic rings. The molecule has 0 bridgehead atoms. The van der Waals surface area contributed by atoms with Crippen LogP contribution in [0.4, 0.5) is 5.69 Å². The van der Waals surface area contributed by atoms with Gasteiger partial charge in [-0.05, 0) is 60.9 Å². The minimum Gasteiger partial charge on any atom is -0.481 e. The maximum Gasteiger partial charge on any atom is 0.307 e. The molecule has 3 N–H and O–H groups in total. The van der Waals surface area contributed by atoms with E-state index in [1.807, 2.05) is 36.4 Å². The molecule has 0 aliphatic heterocycles. The average molecular weight is 527 g/mol. The van der Waals surface area contributed by atoms with Crippen LogP contribution in [0.2, 0.25) is 0 Å². The van der Waals surface area contributed by atoms with E-state index in [9.17, 15) is 19.2 Å². The quantitative estimate of drug-likeness (QED) is 0.316. The predicted octanol–water partition coefficient (Wildman–Crippen LogP) is 4.29. The molecule has 0 unspecified atom stereocenters. The zero-order chi connectivity index (χ0) is 27.4. The summed E-state index contributed by atoms with van der Waals surface area (Å²) in [6.45, 7) is -0.259. The number of aromatic nitrogens is 2. The summed E-state index contributed by atoms with van der Waals surface area (Å²) in [5.41, 5.74) is 2.80. The molecule has 5 rings (SSSR count). The Morgan fingerprint density at radius 2 is 1.62 bits per heavy atom. The fraction of sp³-hybridized carbons (Fsp3) is 0.267. The zero-order valence-electron chi connectivity index (χ0n) is 21.4. The van der Waals surface area contributed by atoms with Gasteiger partial charge in [0.1, 0.15) is 0 Å². The number of nitrogens with one attached hydrogen (secondary N) is 2. The van der Waals surface area contributed by atoms with Gasteiger partial charge in [-0.3, -0.25) is 23.9 Å². The van der Waals surface area contributed by atoms with Gasteiger partial charge in [0, 0.05) is 11.3 Å². The summed E-state index contributed by atoms with van der Waals surface area (Å²) >= 11 is 0. The van der Waals surface area contributed by atoms with Crippen LogP contribution in [0.25, 0.3) is 16.6 Å². The lowest BCUT2D eigenvalue weighted by Gasteiger charge is -2.26. The third-order valence-corrected chi connectivity index (χ3v) is 7.07. The summed E-state index contributed by atoms with van der Waals surface area (Å²) in [7, 11) is 0. The Balaban J connectivity index is 1.34. The molecular formula is C30H30N4O5. The summed E-state index contributed by atoms with van der Waals surface area (Å²) in [4.78, 5) is 49.7. The normalized spacial score (nSPS) is 13.7. The third kappa shape index (κ3) is 5.77. The lowest BCUT2D eigenvalue weighted by atomic mass is 9.95. The highest BCUT2D eigenvalue weighted by molar-refractivity contribution is 6.01. The van der Waals surface area contributed by atoms with Crippen LogP contribution in [0.15, 0.2) is 77.6 Å². The first-order chi connectivity index (χ1) is 18.9. The van der Waals surface area contributed by atoms with Crippen molar-refractivity contribution >= 4 is 34.4 Å². The number of hydrogen-bond donors (Lipinski definition) is 3. The molecule has 39 heavy (non-hydrogen) atoms. The second-order valence-electron chi connectivity index (χ2n) is 9.82. The third-order valence-electron chi connectivity index (χ3n) is 7.07. The maximum absolute atomic E-state index is 13.6. The Morgan fingerprint density at radius 1 is 0.897 bits per heavy atom. The summed E-state index contributed by atoms with van der Waals surface area (Å²) in [5, 5.41) is 14.6. The Hall–Kier alpha value is -4.66. The maximum atomic E-state index is 13.6. The number of carbonyl (C=O) groups is 3. The number of benzene rings is 3. The van der Waals surface area contributed by atoms with Crippen molar-refractivity contribution in [2.24, 2.45) is 0 Å². The van der Waals surface area contributed by atoms with Crippen molar-refractivity contribution in [2.45, 2.75) is 44.6 Å². The SMILES string of the molecule is O=C(O)Cc1ccc(NC(=O)CNC(=O)c2ccc3c(c2)c(=O)n(-c2ccccc2)n3C2CCCCC2)cc1. The number of nitrogens with zero attached hydrogens (tertiary/aromatic N) is 2. The molecule has 2 amide bonds. The predicted molar refractivity (Wildman–Crippen MR) is 148 cm³/mol. The van der Waals surface area contributed by atoms with E-state index < -0.39 is 17.8 Å². The second kappa shape index (κ2) is 11.4. The molecule has 9 nitrogen and oxygen atoms in total. The molecule has 0 saturated heterocycles. The van der Waals surface area contributed by atoms with Gasteiger partial charge in [-0.2, -0.15) is 0 Å². The van der Waals surface area contributed by atoms with Crippen molar-refractivity contribution in [2.75, 3.05) is 11.9 Å². The van der Waals surface area contributed by atoms with Crippen molar-refractivity contribution in [1.82, 2.24) is 14.7 Å². The molecule has 3 aromatic carbocycles. The number of amides is 2. The number of hydrogen-bond acceptors (Lipinski definition) is 4. The standard InChI is InChI=1S/C30H30N4O5/c35-27(32-22-14-11-20(12-15-22)17-28(36)37)19-31-29(38)21-13-16-26-25(18-21)30(39)34(24-9-5-2-6-10-24)33(26)23-7-3-1-4-8-23/h2,5-6,9-16,18,23H,1,3-4,7-8,17,19H2,(H,31,38)(H,32,35)(H,36,37). The monoisotopic (exact) mass is 526 g/mol. The summed E-state index contributed by atoms with van der Waals surface area (Å²) in [6.07, 6.45) is 5.31. The molecule has 0 spiro atoms. The minimum atomic E-state index is -0.933. The molecule has 1 aliphatic carbocycles. The van der Waals surface area contributed by atoms with E-state index in [2.05, 4.69) is 15.3 Å². The van der Waals surface area contributed by atoms with Crippen LogP contribution in [0.5, 0.6) is 0 Å². The van der Waals surface area contributed by atoms with Crippen molar-refractivity contribution in [1.29, 1.82) is 0 Å². The molecule has 1 heterocycles. The fourth-order valence-electron chi connectivity index (χ4n) is 5.21. The highest BCUT2D eigenvalue weighted by Crippen LogP contribution is 2.31. The van der Waals surface area contributed by atoms with Gasteiger partial charge in [0.05, 0.1) is 35.6 Å². The Bertz CT molecular complexity index is 1560. The molecule has 0 radical (unpaired) electrons. The minimum absolute atomic E-state index is 0.102. The molecule has 1 saturated carbocycles. The van der Waals surface area contributed by atoms with Gasteiger partial charge in [-0.15, -0.1) is 0 Å². The summed E-state index contributed by atoms with van der Waals surface area (Å²) < 4.78 is 3.81. The van der Waals surface area contributed by atoms with Crippen molar-refractivity contribution in [3.8, 4) is 5.69 Å². The molecule has 200 valence electrons. The molecule has 0 atom stereocenters. The Morgan fingerprint density at radius 3 is 2.31 bits per heavy atom. The zero-order valence-corrected chi connectivity index (χ0v) is 21.4. The van der Waals surface area contributed by atoms with Gasteiger partial charge in [0.25, 0.3) is 11.5 Å². The number of aliphatic carboxylic acids is 1. The molecule has 1 aliphatic rings. The van der Waals surface area contributed by atoms with Crippen molar-refractivity contribution in [3.05, 3.63) is 94.3 Å². The molecule has 1 fully saturated rings. The van der Waals surface area contributed by atoms with Gasteiger partial charge in [-0.25, -0.2) is 4.68 Å². The summed E-state index contributed by atoms with van der Waals surface area (Å²) in [5.74, 6) is -1.82. The van der Waals surface area contributed by atoms with E-state index in [1.165, 1.54) is 6.42 Å². The highest BCUT2D eigenvalue weighted by atomic mass is 16.4. The molecular weight excluding hydrogens is 496 g/mol. The van der Waals surface area contributed by atoms with Gasteiger partial charge in [-0.1, -0.05) is 49.6 Å². The van der Waals surface area contributed by atoms with Crippen LogP contribution in [-0.2, 0) is 16.0 Å². The van der Waals surface area contributed by atoms with E-state index in [0.29, 0.717) is 22.2 Å². The molecule has 1 aromatic heterocycles. The van der Waals surface area contributed by atoms with Crippen LogP contribution in [-0.4, -0.2) is 38.8 Å². The largest absolute Gasteiger partial charge is 0.481 e. The van der Waals surface area contributed by atoms with E-state index in [-0.39, 0.29) is 24.6 Å². The fourth-order valence-corrected chi connectivity index (χ4v) is 5.21. The first-order valence-corrected chi connectivity index (χ1v) is 13.1. The highest BCUT2D eigenvalue weighted by Gasteiger charge is 2.24. The Kier molecular flexibility index (Phi) is 7.58. The number of rotatable bonds is 8. The number of fused-ring (bicyclic) bond motifs is 1. The van der Waals surface area contributed by atoms with E-state index in [1.54, 1.807) is 41.1 Å². The lowest BCUT2D eigenvalue weighted by molar-refractivity contribution is -0.136. The van der Waals surface area contributed by atoms with Gasteiger partial charge < -0.3 is 15.7 Å². The average Bonchev–Trinajstić information content (AvgIpc) is 3.25. The number of para-hydroxylation sites is 1. The van der Waals surface area contributed by atoms with Gasteiger partial charge in [0.15, 0.2) is 0 Å². The van der Waals surface area contributed by atoms with Crippen LogP contribution in [0.1, 0.15) is 54.1 Å². The van der Waals surface area contributed by atoms with Gasteiger partial charge >= 0.3 is 5.97 Å². The van der Waals surface area contributed by atoms with E-state index in [4.69, 9.17) is 5.11 Å². The number of carboxylic acid groups (broad SMARTS) is 1. The Labute approximate surface area is 225 Å². The van der Waals surface area contributed by atoms with Crippen LogP contribution in [0.3, 0.4) is 0 Å². The van der Waals surface area contributed by atoms with Gasteiger partial charge in [0.2, 0.25) is 5.91 Å². The number of carboxylic acids is 1.